The molecule has 0 N–H and O–H groups in total. The first kappa shape index (κ1) is 8.84. The Morgan fingerprint density at radius 1 is 1.58 bits per heavy atom. The fraction of sp³-hybridized carbons (Fsp3) is 0.125. The third kappa shape index (κ3) is 1.87. The normalized spacial score (nSPS) is 8.83. The minimum atomic E-state index is -0.455. The first-order chi connectivity index (χ1) is 5.77. The third-order valence-electron chi connectivity index (χ3n) is 1.31. The second kappa shape index (κ2) is 3.95. The lowest BCUT2D eigenvalue weighted by atomic mass is 10.3. The molecule has 2 nitrogen and oxygen atoms in total. The van der Waals surface area contributed by atoms with Crippen LogP contribution in [0.5, 0.6) is 5.75 Å². The third-order valence-corrected chi connectivity index (χ3v) is 1.40. The summed E-state index contributed by atoms with van der Waals surface area (Å²) in [7, 11) is 1.40. The van der Waals surface area contributed by atoms with Crippen molar-refractivity contribution in [3.63, 3.8) is 0 Å². The standard InChI is InChI=1S/C8H6FNOS/c1-11-8-3-2-6(10-5-12)4-7(8)9/h2-4H,1H3. The Kier molecular flexibility index (Phi) is 2.91. The Hall–Kier alpha value is -1.25. The van der Waals surface area contributed by atoms with E-state index in [-0.39, 0.29) is 5.75 Å². The summed E-state index contributed by atoms with van der Waals surface area (Å²) in [6, 6.07) is 4.32. The van der Waals surface area contributed by atoms with E-state index in [1.165, 1.54) is 19.2 Å². The quantitative estimate of drug-likeness (QED) is 0.519. The van der Waals surface area contributed by atoms with Gasteiger partial charge in [-0.3, -0.25) is 0 Å². The van der Waals surface area contributed by atoms with Crippen LogP contribution in [-0.4, -0.2) is 12.3 Å². The van der Waals surface area contributed by atoms with Crippen LogP contribution in [0.4, 0.5) is 10.1 Å². The summed E-state index contributed by atoms with van der Waals surface area (Å²) in [4.78, 5) is 3.61. The van der Waals surface area contributed by atoms with E-state index < -0.39 is 5.82 Å². The van der Waals surface area contributed by atoms with Gasteiger partial charge in [-0.2, -0.15) is 4.99 Å². The monoisotopic (exact) mass is 183 g/mol. The zero-order valence-corrected chi connectivity index (χ0v) is 7.19. The van der Waals surface area contributed by atoms with Crippen molar-refractivity contribution in [1.82, 2.24) is 0 Å². The largest absolute Gasteiger partial charge is 0.494 e. The number of ether oxygens (including phenoxy) is 1. The molecular formula is C8H6FNOS. The van der Waals surface area contributed by atoms with Gasteiger partial charge in [-0.05, 0) is 24.4 Å². The lowest BCUT2D eigenvalue weighted by molar-refractivity contribution is 0.386. The molecule has 0 saturated carbocycles. The van der Waals surface area contributed by atoms with Crippen molar-refractivity contribution in [2.75, 3.05) is 7.11 Å². The van der Waals surface area contributed by atoms with Crippen molar-refractivity contribution in [2.45, 2.75) is 0 Å². The highest BCUT2D eigenvalue weighted by atomic mass is 32.1. The molecule has 0 radical (unpaired) electrons. The molecule has 0 atom stereocenters. The summed E-state index contributed by atoms with van der Waals surface area (Å²) in [5, 5.41) is 2.15. The fourth-order valence-electron chi connectivity index (χ4n) is 0.778. The number of thiocarbonyl (C=S) groups is 1. The molecule has 0 aliphatic heterocycles. The Balaban J connectivity index is 3.09. The topological polar surface area (TPSA) is 21.6 Å². The van der Waals surface area contributed by atoms with Crippen LogP contribution in [0, 0.1) is 5.82 Å². The average molecular weight is 183 g/mol. The molecule has 12 heavy (non-hydrogen) atoms. The van der Waals surface area contributed by atoms with E-state index >= 15 is 0 Å². The maximum Gasteiger partial charge on any atom is 0.167 e. The number of nitrogens with zero attached hydrogens (tertiary/aromatic N) is 1. The molecular weight excluding hydrogens is 177 g/mol. The molecule has 1 aromatic carbocycles. The van der Waals surface area contributed by atoms with Crippen LogP contribution in [0.25, 0.3) is 0 Å². The van der Waals surface area contributed by atoms with Gasteiger partial charge >= 0.3 is 0 Å². The molecule has 0 fully saturated rings. The molecule has 4 heteroatoms. The molecule has 0 aliphatic carbocycles. The number of hydrogen-bond donors (Lipinski definition) is 0. The molecule has 0 saturated heterocycles. The van der Waals surface area contributed by atoms with Gasteiger partial charge < -0.3 is 4.74 Å². The van der Waals surface area contributed by atoms with E-state index in [1.807, 2.05) is 0 Å². The first-order valence-electron chi connectivity index (χ1n) is 3.19. The molecule has 1 aromatic rings. The Morgan fingerprint density at radius 2 is 2.33 bits per heavy atom. The summed E-state index contributed by atoms with van der Waals surface area (Å²) in [6.07, 6.45) is 0. The van der Waals surface area contributed by atoms with Gasteiger partial charge in [-0.15, -0.1) is 0 Å². The van der Waals surface area contributed by atoms with Crippen LogP contribution in [0.2, 0.25) is 0 Å². The minimum absolute atomic E-state index is 0.193. The molecule has 0 unspecified atom stereocenters. The summed E-state index contributed by atoms with van der Waals surface area (Å²) < 4.78 is 17.6. The van der Waals surface area contributed by atoms with Crippen molar-refractivity contribution in [3.05, 3.63) is 24.0 Å². The molecule has 0 aliphatic rings. The molecule has 0 heterocycles. The van der Waals surface area contributed by atoms with E-state index in [1.54, 1.807) is 6.07 Å². The van der Waals surface area contributed by atoms with Gasteiger partial charge in [0.1, 0.15) is 0 Å². The van der Waals surface area contributed by atoms with Gasteiger partial charge in [0.2, 0.25) is 0 Å². The van der Waals surface area contributed by atoms with E-state index in [2.05, 4.69) is 22.4 Å². The van der Waals surface area contributed by atoms with Crippen LogP contribution < -0.4 is 4.74 Å². The number of halogens is 1. The Morgan fingerprint density at radius 3 is 2.83 bits per heavy atom. The minimum Gasteiger partial charge on any atom is -0.494 e. The SMILES string of the molecule is COc1ccc(N=C=S)cc1F. The summed E-state index contributed by atoms with van der Waals surface area (Å²) >= 11 is 4.37. The number of isothiocyanates is 1. The highest BCUT2D eigenvalue weighted by Crippen LogP contribution is 2.21. The predicted molar refractivity (Wildman–Crippen MR) is 47.6 cm³/mol. The van der Waals surface area contributed by atoms with Gasteiger partial charge in [0.05, 0.1) is 18.0 Å². The van der Waals surface area contributed by atoms with Crippen molar-refractivity contribution in [1.29, 1.82) is 0 Å². The first-order valence-corrected chi connectivity index (χ1v) is 3.60. The molecule has 0 bridgehead atoms. The predicted octanol–water partition coefficient (Wildman–Crippen LogP) is 2.57. The lowest BCUT2D eigenvalue weighted by Gasteiger charge is -2.00. The zero-order chi connectivity index (χ0) is 8.97. The van der Waals surface area contributed by atoms with Crippen molar-refractivity contribution in [2.24, 2.45) is 4.99 Å². The number of aliphatic imine (C=N–C) groups is 1. The summed E-state index contributed by atoms with van der Waals surface area (Å²) in [6.45, 7) is 0. The number of benzene rings is 1. The maximum atomic E-state index is 12.9. The van der Waals surface area contributed by atoms with E-state index in [0.717, 1.165) is 0 Å². The smallest absolute Gasteiger partial charge is 0.167 e. The van der Waals surface area contributed by atoms with Crippen molar-refractivity contribution in [3.8, 4) is 5.75 Å². The van der Waals surface area contributed by atoms with Gasteiger partial charge in [0.25, 0.3) is 0 Å². The van der Waals surface area contributed by atoms with Gasteiger partial charge in [-0.1, -0.05) is 0 Å². The highest BCUT2D eigenvalue weighted by molar-refractivity contribution is 7.78. The zero-order valence-electron chi connectivity index (χ0n) is 6.37. The fourth-order valence-corrected chi connectivity index (χ4v) is 0.883. The maximum absolute atomic E-state index is 12.9. The average Bonchev–Trinajstić information content (AvgIpc) is 2.05. The molecule has 0 spiro atoms. The second-order valence-electron chi connectivity index (χ2n) is 2.02. The van der Waals surface area contributed by atoms with E-state index in [0.29, 0.717) is 5.69 Å². The number of rotatable bonds is 2. The van der Waals surface area contributed by atoms with Crippen LogP contribution in [0.1, 0.15) is 0 Å². The van der Waals surface area contributed by atoms with E-state index in [9.17, 15) is 4.39 Å². The van der Waals surface area contributed by atoms with Gasteiger partial charge in [0, 0.05) is 6.07 Å². The molecule has 0 amide bonds. The van der Waals surface area contributed by atoms with Crippen molar-refractivity contribution >= 4 is 23.1 Å². The van der Waals surface area contributed by atoms with Gasteiger partial charge in [-0.25, -0.2) is 4.39 Å². The summed E-state index contributed by atoms with van der Waals surface area (Å²) in [5.74, 6) is -0.262. The second-order valence-corrected chi connectivity index (χ2v) is 2.20. The van der Waals surface area contributed by atoms with Crippen LogP contribution in [0.15, 0.2) is 23.2 Å². The Bertz CT molecular complexity index is 334. The van der Waals surface area contributed by atoms with Crippen LogP contribution in [-0.2, 0) is 0 Å². The summed E-state index contributed by atoms with van der Waals surface area (Å²) in [5.41, 5.74) is 0.434. The van der Waals surface area contributed by atoms with Crippen LogP contribution >= 0.6 is 12.2 Å². The van der Waals surface area contributed by atoms with Crippen molar-refractivity contribution < 1.29 is 9.13 Å². The number of methoxy groups -OCH3 is 1. The number of hydrogen-bond acceptors (Lipinski definition) is 3. The lowest BCUT2D eigenvalue weighted by Crippen LogP contribution is -1.86. The van der Waals surface area contributed by atoms with Gasteiger partial charge in [0.15, 0.2) is 11.6 Å². The molecule has 1 rings (SSSR count). The molecule has 0 aromatic heterocycles. The van der Waals surface area contributed by atoms with Crippen LogP contribution in [0.3, 0.4) is 0 Å². The Labute approximate surface area is 74.7 Å². The van der Waals surface area contributed by atoms with E-state index in [4.69, 9.17) is 4.74 Å². The molecule has 62 valence electrons. The highest BCUT2D eigenvalue weighted by Gasteiger charge is 2.01.